The van der Waals surface area contributed by atoms with E-state index in [1.54, 1.807) is 36.4 Å². The third-order valence-corrected chi connectivity index (χ3v) is 14.5. The van der Waals surface area contributed by atoms with Crippen LogP contribution in [0.1, 0.15) is 47.1 Å². The molecule has 0 radical (unpaired) electrons. The third-order valence-electron chi connectivity index (χ3n) is 6.41. The van der Waals surface area contributed by atoms with Crippen LogP contribution in [0.15, 0.2) is 84.9 Å². The van der Waals surface area contributed by atoms with E-state index in [0.717, 1.165) is 5.56 Å². The van der Waals surface area contributed by atoms with Crippen LogP contribution in [-0.2, 0) is 4.57 Å². The topological polar surface area (TPSA) is 35.5 Å². The minimum atomic E-state index is -3.67. The van der Waals surface area contributed by atoms with E-state index in [0.29, 0.717) is 33.4 Å². The molecule has 0 aliphatic rings. The fraction of sp³-hybridized carbons (Fsp3) is 0.310. The lowest BCUT2D eigenvalue weighted by atomic mass is 10.2. The van der Waals surface area contributed by atoms with Crippen LogP contribution >= 0.6 is 7.60 Å². The largest absolute Gasteiger partial charge is 0.462 e. The van der Waals surface area contributed by atoms with Gasteiger partial charge in [0.15, 0.2) is 0 Å². The zero-order valence-corrected chi connectivity index (χ0v) is 22.9. The van der Waals surface area contributed by atoms with E-state index in [1.807, 2.05) is 48.5 Å². The molecule has 0 heterocycles. The first-order valence-electron chi connectivity index (χ1n) is 11.9. The Hall–Kier alpha value is -2.73. The molecule has 0 aliphatic carbocycles. The molecule has 178 valence electrons. The first-order valence-corrected chi connectivity index (χ1v) is 15.7. The highest BCUT2D eigenvalue weighted by molar-refractivity contribution is 7.63. The molecule has 3 nitrogen and oxygen atoms in total. The number of hydrogen-bond acceptors (Lipinski definition) is 3. The SMILES string of the molecule is CC(C)[Si](C#Cc1ccc(P(=O)(Oc2ccccc2)Oc2ccccc2)cc1)(C(C)C)C(C)C. The van der Waals surface area contributed by atoms with E-state index in [9.17, 15) is 4.57 Å². The molecule has 0 aromatic heterocycles. The monoisotopic (exact) mass is 490 g/mol. The van der Waals surface area contributed by atoms with Crippen LogP contribution in [0, 0.1) is 11.5 Å². The van der Waals surface area contributed by atoms with Crippen LogP contribution < -0.4 is 14.4 Å². The van der Waals surface area contributed by atoms with Crippen molar-refractivity contribution in [3.63, 3.8) is 0 Å². The van der Waals surface area contributed by atoms with Crippen LogP contribution in [0.5, 0.6) is 11.5 Å². The Kier molecular flexibility index (Phi) is 8.47. The van der Waals surface area contributed by atoms with E-state index >= 15 is 0 Å². The van der Waals surface area contributed by atoms with E-state index in [-0.39, 0.29) is 0 Å². The van der Waals surface area contributed by atoms with Crippen molar-refractivity contribution in [3.05, 3.63) is 90.5 Å². The van der Waals surface area contributed by atoms with Gasteiger partial charge in [-0.25, -0.2) is 4.57 Å². The maximum Gasteiger partial charge on any atom is 0.462 e. The predicted octanol–water partition coefficient (Wildman–Crippen LogP) is 8.23. The van der Waals surface area contributed by atoms with Gasteiger partial charge < -0.3 is 9.05 Å². The number of benzene rings is 3. The van der Waals surface area contributed by atoms with Gasteiger partial charge >= 0.3 is 7.60 Å². The molecule has 0 N–H and O–H groups in total. The van der Waals surface area contributed by atoms with E-state index in [1.165, 1.54) is 0 Å². The van der Waals surface area contributed by atoms with Gasteiger partial charge in [-0.15, -0.1) is 5.54 Å². The lowest BCUT2D eigenvalue weighted by Gasteiger charge is -2.38. The molecule has 0 atom stereocenters. The smallest absolute Gasteiger partial charge is 0.413 e. The molecule has 0 spiro atoms. The maximum atomic E-state index is 14.0. The highest BCUT2D eigenvalue weighted by Crippen LogP contribution is 2.47. The molecule has 0 amide bonds. The Labute approximate surface area is 206 Å². The Morgan fingerprint density at radius 2 is 1.06 bits per heavy atom. The molecule has 3 aromatic carbocycles. The minimum Gasteiger partial charge on any atom is -0.413 e. The zero-order valence-electron chi connectivity index (χ0n) is 21.0. The zero-order chi connectivity index (χ0) is 24.8. The number of rotatable bonds is 8. The highest BCUT2D eigenvalue weighted by atomic mass is 31.2. The molecule has 3 aromatic rings. The van der Waals surface area contributed by atoms with Gasteiger partial charge in [0.2, 0.25) is 0 Å². The molecular formula is C29H35O3PSi. The molecule has 3 rings (SSSR count). The van der Waals surface area contributed by atoms with E-state index < -0.39 is 15.7 Å². The van der Waals surface area contributed by atoms with Crippen molar-refractivity contribution in [2.24, 2.45) is 0 Å². The average Bonchev–Trinajstić information content (AvgIpc) is 2.80. The van der Waals surface area contributed by atoms with Crippen LogP contribution in [0.4, 0.5) is 0 Å². The Morgan fingerprint density at radius 1 is 0.647 bits per heavy atom. The van der Waals surface area contributed by atoms with Gasteiger partial charge in [0.05, 0.1) is 5.30 Å². The second kappa shape index (κ2) is 11.1. The first-order chi connectivity index (χ1) is 16.2. The molecule has 0 saturated carbocycles. The normalized spacial score (nSPS) is 11.9. The summed E-state index contributed by atoms with van der Waals surface area (Å²) in [5.41, 5.74) is 6.36. The summed E-state index contributed by atoms with van der Waals surface area (Å²) in [6.45, 7) is 13.8. The predicted molar refractivity (Wildman–Crippen MR) is 146 cm³/mol. The van der Waals surface area contributed by atoms with Gasteiger partial charge in [-0.3, -0.25) is 0 Å². The summed E-state index contributed by atoms with van der Waals surface area (Å²) in [4.78, 5) is 0. The van der Waals surface area contributed by atoms with Gasteiger partial charge in [0, 0.05) is 5.56 Å². The lowest BCUT2D eigenvalue weighted by Crippen LogP contribution is -2.43. The number of para-hydroxylation sites is 2. The van der Waals surface area contributed by atoms with Gasteiger partial charge in [-0.2, -0.15) is 0 Å². The second-order valence-electron chi connectivity index (χ2n) is 9.50. The fourth-order valence-electron chi connectivity index (χ4n) is 4.71. The van der Waals surface area contributed by atoms with Crippen molar-refractivity contribution in [3.8, 4) is 23.0 Å². The molecular weight excluding hydrogens is 455 g/mol. The van der Waals surface area contributed by atoms with Gasteiger partial charge in [0.1, 0.15) is 19.6 Å². The molecule has 0 unspecified atom stereocenters. The molecule has 34 heavy (non-hydrogen) atoms. The van der Waals surface area contributed by atoms with Crippen molar-refractivity contribution >= 4 is 21.0 Å². The van der Waals surface area contributed by atoms with E-state index in [2.05, 4.69) is 53.0 Å². The lowest BCUT2D eigenvalue weighted by molar-refractivity contribution is 0.399. The summed E-state index contributed by atoms with van der Waals surface area (Å²) in [7, 11) is -5.50. The minimum absolute atomic E-state index is 0.492. The summed E-state index contributed by atoms with van der Waals surface area (Å²) in [6.07, 6.45) is 0. The van der Waals surface area contributed by atoms with Crippen molar-refractivity contribution in [2.45, 2.75) is 58.2 Å². The molecule has 0 saturated heterocycles. The first kappa shape index (κ1) is 25.9. The molecule has 0 fully saturated rings. The summed E-state index contributed by atoms with van der Waals surface area (Å²) in [5.74, 6) is 4.43. The van der Waals surface area contributed by atoms with Crippen molar-refractivity contribution in [1.29, 1.82) is 0 Å². The second-order valence-corrected chi connectivity index (χ2v) is 17.0. The Balaban J connectivity index is 1.96. The summed E-state index contributed by atoms with van der Waals surface area (Å²) < 4.78 is 25.9. The Bertz CT molecular complexity index is 1090. The quantitative estimate of drug-likeness (QED) is 0.181. The Morgan fingerprint density at radius 3 is 1.44 bits per heavy atom. The maximum absolute atomic E-state index is 14.0. The third kappa shape index (κ3) is 5.84. The molecule has 5 heteroatoms. The van der Waals surface area contributed by atoms with Crippen LogP contribution in [0.2, 0.25) is 16.6 Å². The van der Waals surface area contributed by atoms with Gasteiger partial charge in [-0.1, -0.05) is 83.9 Å². The number of hydrogen-bond donors (Lipinski definition) is 0. The van der Waals surface area contributed by atoms with E-state index in [4.69, 9.17) is 9.05 Å². The average molecular weight is 491 g/mol. The standard InChI is InChI=1S/C29H35O3PSi/c1-23(2)34(24(3)4,25(5)6)22-21-26-17-19-29(20-18-26)33(30,31-27-13-9-7-10-14-27)32-28-15-11-8-12-16-28/h7-20,23-25H,1-6H3. The van der Waals surface area contributed by atoms with Crippen LogP contribution in [0.25, 0.3) is 0 Å². The molecule has 0 bridgehead atoms. The fourth-order valence-corrected chi connectivity index (χ4v) is 11.5. The summed E-state index contributed by atoms with van der Waals surface area (Å²) >= 11 is 0. The van der Waals surface area contributed by atoms with Gasteiger partial charge in [-0.05, 0) is 65.2 Å². The van der Waals surface area contributed by atoms with Crippen molar-refractivity contribution in [2.75, 3.05) is 0 Å². The molecule has 0 aliphatic heterocycles. The summed E-state index contributed by atoms with van der Waals surface area (Å²) in [5, 5.41) is 0.492. The van der Waals surface area contributed by atoms with Crippen molar-refractivity contribution < 1.29 is 13.6 Å². The summed E-state index contributed by atoms with van der Waals surface area (Å²) in [6, 6.07) is 25.7. The highest BCUT2D eigenvalue weighted by Gasteiger charge is 2.41. The van der Waals surface area contributed by atoms with Crippen LogP contribution in [0.3, 0.4) is 0 Å². The van der Waals surface area contributed by atoms with Crippen LogP contribution in [-0.4, -0.2) is 8.07 Å². The van der Waals surface area contributed by atoms with Crippen molar-refractivity contribution in [1.82, 2.24) is 0 Å². The van der Waals surface area contributed by atoms with Gasteiger partial charge in [0.25, 0.3) is 0 Å².